The zero-order chi connectivity index (χ0) is 17.9. The summed E-state index contributed by atoms with van der Waals surface area (Å²) in [5, 5.41) is 0. The number of benzene rings is 1. The van der Waals surface area contributed by atoms with E-state index in [1.165, 1.54) is 11.3 Å². The van der Waals surface area contributed by atoms with Gasteiger partial charge in [-0.25, -0.2) is 0 Å². The summed E-state index contributed by atoms with van der Waals surface area (Å²) in [6, 6.07) is 8.30. The predicted molar refractivity (Wildman–Crippen MR) is 106 cm³/mol. The highest BCUT2D eigenvalue weighted by Crippen LogP contribution is 2.19. The van der Waals surface area contributed by atoms with Crippen LogP contribution >= 0.6 is 0 Å². The Bertz CT molecular complexity index is 558. The minimum atomic E-state index is 0.595. The number of ether oxygens (including phenoxy) is 1. The molecule has 0 aliphatic heterocycles. The topological polar surface area (TPSA) is 15.7 Å². The van der Waals surface area contributed by atoms with Gasteiger partial charge in [-0.2, -0.15) is 0 Å². The Kier molecular flexibility index (Phi) is 8.95. The molecule has 3 nitrogen and oxygen atoms in total. The zero-order valence-electron chi connectivity index (χ0n) is 15.9. The highest BCUT2D eigenvalue weighted by Gasteiger charge is 2.03. The summed E-state index contributed by atoms with van der Waals surface area (Å²) in [6.45, 7) is 13.8. The summed E-state index contributed by atoms with van der Waals surface area (Å²) in [5.41, 5.74) is 3.54. The molecular weight excluding hydrogens is 296 g/mol. The Morgan fingerprint density at radius 3 is 2.33 bits per heavy atom. The van der Waals surface area contributed by atoms with Crippen LogP contribution in [0.25, 0.3) is 0 Å². The van der Waals surface area contributed by atoms with Gasteiger partial charge in [0.05, 0.1) is 0 Å². The summed E-state index contributed by atoms with van der Waals surface area (Å²) < 4.78 is 5.83. The molecule has 0 radical (unpaired) electrons. The molecular formula is C21H32N2O. The quantitative estimate of drug-likeness (QED) is 0.587. The summed E-state index contributed by atoms with van der Waals surface area (Å²) in [5.74, 6) is 0.898. The lowest BCUT2D eigenvalue weighted by Gasteiger charge is -2.23. The van der Waals surface area contributed by atoms with Crippen molar-refractivity contribution in [2.45, 2.75) is 20.8 Å². The summed E-state index contributed by atoms with van der Waals surface area (Å²) in [6.07, 6.45) is 5.97. The minimum absolute atomic E-state index is 0.595. The molecule has 0 saturated carbocycles. The highest BCUT2D eigenvalue weighted by atomic mass is 16.5. The van der Waals surface area contributed by atoms with Crippen molar-refractivity contribution in [2.24, 2.45) is 0 Å². The van der Waals surface area contributed by atoms with E-state index in [-0.39, 0.29) is 0 Å². The van der Waals surface area contributed by atoms with Crippen LogP contribution in [0.4, 0.5) is 5.69 Å². The van der Waals surface area contributed by atoms with E-state index in [2.05, 4.69) is 68.6 Å². The average molecular weight is 329 g/mol. The Morgan fingerprint density at radius 1 is 1.08 bits per heavy atom. The molecule has 0 unspecified atom stereocenters. The number of allylic oxidation sites excluding steroid dienone is 4. The zero-order valence-corrected chi connectivity index (χ0v) is 15.9. The molecule has 0 aliphatic rings. The third kappa shape index (κ3) is 7.51. The molecule has 0 aromatic heterocycles. The van der Waals surface area contributed by atoms with Crippen LogP contribution in [0.5, 0.6) is 5.75 Å². The maximum atomic E-state index is 5.83. The van der Waals surface area contributed by atoms with Crippen LogP contribution in [0, 0.1) is 0 Å². The first-order valence-corrected chi connectivity index (χ1v) is 8.55. The van der Waals surface area contributed by atoms with Crippen molar-refractivity contribution in [3.05, 3.63) is 60.2 Å². The van der Waals surface area contributed by atoms with Gasteiger partial charge >= 0.3 is 0 Å². The van der Waals surface area contributed by atoms with Crippen LogP contribution in [0.15, 0.2) is 60.2 Å². The Balaban J connectivity index is 2.51. The molecule has 0 amide bonds. The first-order chi connectivity index (χ1) is 11.5. The SMILES string of the molecule is C=C/C(C)=C/C=C(\C)COc1ccc(N(C)CCN(C)CC)cc1. The van der Waals surface area contributed by atoms with E-state index >= 15 is 0 Å². The highest BCUT2D eigenvalue weighted by molar-refractivity contribution is 5.48. The molecule has 132 valence electrons. The average Bonchev–Trinajstić information content (AvgIpc) is 2.62. The number of nitrogens with zero attached hydrogens (tertiary/aromatic N) is 2. The van der Waals surface area contributed by atoms with Crippen LogP contribution in [0.3, 0.4) is 0 Å². The molecule has 0 heterocycles. The molecule has 24 heavy (non-hydrogen) atoms. The van der Waals surface area contributed by atoms with E-state index < -0.39 is 0 Å². The van der Waals surface area contributed by atoms with Gasteiger partial charge in [-0.05, 0) is 57.3 Å². The fourth-order valence-electron chi connectivity index (χ4n) is 1.99. The van der Waals surface area contributed by atoms with E-state index in [9.17, 15) is 0 Å². The standard InChI is InChI=1S/C21H32N2O/c1-7-18(3)9-10-19(4)17-24-21-13-11-20(12-14-21)23(6)16-15-22(5)8-2/h7,9-14H,1,8,15-17H2,2-6H3/b18-9+,19-10+. The van der Waals surface area contributed by atoms with Crippen molar-refractivity contribution in [1.29, 1.82) is 0 Å². The maximum absolute atomic E-state index is 5.83. The lowest BCUT2D eigenvalue weighted by molar-refractivity contribution is 0.352. The molecule has 0 N–H and O–H groups in total. The molecule has 0 fully saturated rings. The van der Waals surface area contributed by atoms with Crippen LogP contribution in [-0.4, -0.2) is 45.2 Å². The first kappa shape index (κ1) is 20.0. The summed E-state index contributed by atoms with van der Waals surface area (Å²) >= 11 is 0. The lowest BCUT2D eigenvalue weighted by Crippen LogP contribution is -2.30. The summed E-state index contributed by atoms with van der Waals surface area (Å²) in [4.78, 5) is 4.58. The second kappa shape index (κ2) is 10.7. The van der Waals surface area contributed by atoms with E-state index in [0.29, 0.717) is 6.61 Å². The molecule has 0 saturated heterocycles. The Hall–Kier alpha value is -2.00. The number of anilines is 1. The Morgan fingerprint density at radius 2 is 1.75 bits per heavy atom. The fourth-order valence-corrected chi connectivity index (χ4v) is 1.99. The molecule has 0 spiro atoms. The monoisotopic (exact) mass is 328 g/mol. The number of hydrogen-bond acceptors (Lipinski definition) is 3. The second-order valence-corrected chi connectivity index (χ2v) is 6.23. The molecule has 0 atom stereocenters. The molecule has 1 rings (SSSR count). The predicted octanol–water partition coefficient (Wildman–Crippen LogP) is 4.53. The van der Waals surface area contributed by atoms with E-state index in [0.717, 1.165) is 31.0 Å². The Labute approximate surface area is 147 Å². The molecule has 1 aromatic rings. The number of rotatable bonds is 10. The van der Waals surface area contributed by atoms with Gasteiger partial charge in [0.1, 0.15) is 12.4 Å². The van der Waals surface area contributed by atoms with Gasteiger partial charge in [0.25, 0.3) is 0 Å². The number of hydrogen-bond donors (Lipinski definition) is 0. The van der Waals surface area contributed by atoms with Crippen LogP contribution in [0.1, 0.15) is 20.8 Å². The number of likely N-dealkylation sites (N-methyl/N-ethyl adjacent to an activating group) is 2. The lowest BCUT2D eigenvalue weighted by atomic mass is 10.2. The van der Waals surface area contributed by atoms with Crippen LogP contribution in [-0.2, 0) is 0 Å². The van der Waals surface area contributed by atoms with Gasteiger partial charge in [0.2, 0.25) is 0 Å². The van der Waals surface area contributed by atoms with Crippen molar-refractivity contribution >= 4 is 5.69 Å². The van der Waals surface area contributed by atoms with Crippen molar-refractivity contribution < 1.29 is 4.74 Å². The van der Waals surface area contributed by atoms with Crippen LogP contribution < -0.4 is 9.64 Å². The van der Waals surface area contributed by atoms with Crippen molar-refractivity contribution in [3.63, 3.8) is 0 Å². The van der Waals surface area contributed by atoms with Crippen LogP contribution in [0.2, 0.25) is 0 Å². The van der Waals surface area contributed by atoms with Gasteiger partial charge in [-0.3, -0.25) is 0 Å². The van der Waals surface area contributed by atoms with E-state index in [4.69, 9.17) is 4.74 Å². The maximum Gasteiger partial charge on any atom is 0.119 e. The smallest absolute Gasteiger partial charge is 0.119 e. The van der Waals surface area contributed by atoms with Crippen molar-refractivity contribution in [2.75, 3.05) is 45.2 Å². The molecule has 0 aliphatic carbocycles. The van der Waals surface area contributed by atoms with Gasteiger partial charge in [0, 0.05) is 25.8 Å². The van der Waals surface area contributed by atoms with Gasteiger partial charge in [-0.15, -0.1) is 0 Å². The third-order valence-corrected chi connectivity index (χ3v) is 4.05. The van der Waals surface area contributed by atoms with Gasteiger partial charge in [0.15, 0.2) is 0 Å². The molecule has 3 heteroatoms. The second-order valence-electron chi connectivity index (χ2n) is 6.23. The molecule has 0 bridgehead atoms. The van der Waals surface area contributed by atoms with Gasteiger partial charge in [-0.1, -0.05) is 37.3 Å². The summed E-state index contributed by atoms with van der Waals surface area (Å²) in [7, 11) is 4.27. The van der Waals surface area contributed by atoms with Crippen molar-refractivity contribution in [1.82, 2.24) is 4.90 Å². The van der Waals surface area contributed by atoms with E-state index in [1.54, 1.807) is 0 Å². The molecule has 1 aromatic carbocycles. The third-order valence-electron chi connectivity index (χ3n) is 4.05. The normalized spacial score (nSPS) is 12.4. The first-order valence-electron chi connectivity index (χ1n) is 8.55. The van der Waals surface area contributed by atoms with Crippen molar-refractivity contribution in [3.8, 4) is 5.75 Å². The van der Waals surface area contributed by atoms with E-state index in [1.807, 2.05) is 25.1 Å². The van der Waals surface area contributed by atoms with Gasteiger partial charge < -0.3 is 14.5 Å². The fraction of sp³-hybridized carbons (Fsp3) is 0.429. The minimum Gasteiger partial charge on any atom is -0.489 e. The largest absolute Gasteiger partial charge is 0.489 e.